The first kappa shape index (κ1) is 32.8. The smallest absolute Gasteiger partial charge is 0.237 e. The molecule has 2 bridgehead atoms. The van der Waals surface area contributed by atoms with Gasteiger partial charge in [-0.2, -0.15) is 0 Å². The van der Waals surface area contributed by atoms with Gasteiger partial charge in [0.05, 0.1) is 24.7 Å². The third-order valence-electron chi connectivity index (χ3n) is 9.96. The molecule has 4 saturated heterocycles. The van der Waals surface area contributed by atoms with E-state index in [2.05, 4.69) is 25.8 Å². The normalized spacial score (nSPS) is 33.1. The number of hydrogen-bond donors (Lipinski definition) is 5. The minimum absolute atomic E-state index is 0.0290. The Labute approximate surface area is 261 Å². The van der Waals surface area contributed by atoms with Crippen LogP contribution in [0.1, 0.15) is 63.4 Å². The van der Waals surface area contributed by atoms with Crippen LogP contribution in [0.25, 0.3) is 0 Å². The number of ether oxygens (including phenoxy) is 1. The zero-order chi connectivity index (χ0) is 30.9. The fourth-order valence-corrected chi connectivity index (χ4v) is 7.56. The number of amides is 3. The number of fused-ring (bicyclic) bond motifs is 3. The van der Waals surface area contributed by atoms with E-state index < -0.39 is 12.2 Å². The molecule has 0 unspecified atom stereocenters. The summed E-state index contributed by atoms with van der Waals surface area (Å²) in [6, 6.07) is 9.92. The molecule has 11 nitrogen and oxygen atoms in total. The van der Waals surface area contributed by atoms with Crippen molar-refractivity contribution in [1.82, 2.24) is 25.8 Å². The Morgan fingerprint density at radius 2 is 1.57 bits per heavy atom. The minimum Gasteiger partial charge on any atom is -0.393 e. The highest BCUT2D eigenvalue weighted by Gasteiger charge is 2.38. The van der Waals surface area contributed by atoms with Crippen LogP contribution >= 0.6 is 0 Å². The van der Waals surface area contributed by atoms with Crippen LogP contribution in [-0.4, -0.2) is 114 Å². The molecule has 4 aliphatic heterocycles. The summed E-state index contributed by atoms with van der Waals surface area (Å²) in [7, 11) is 0. The molecule has 0 spiro atoms. The molecular weight excluding hydrogens is 562 g/mol. The van der Waals surface area contributed by atoms with E-state index in [9.17, 15) is 24.6 Å². The van der Waals surface area contributed by atoms with Gasteiger partial charge in [-0.05, 0) is 68.9 Å². The van der Waals surface area contributed by atoms with Crippen LogP contribution in [0.3, 0.4) is 0 Å². The Morgan fingerprint density at radius 1 is 0.795 bits per heavy atom. The summed E-state index contributed by atoms with van der Waals surface area (Å²) in [6.45, 7) is 5.45. The van der Waals surface area contributed by atoms with Crippen LogP contribution in [0.4, 0.5) is 0 Å². The van der Waals surface area contributed by atoms with Crippen molar-refractivity contribution in [2.45, 2.75) is 94.7 Å². The van der Waals surface area contributed by atoms with Crippen LogP contribution in [0.2, 0.25) is 0 Å². The van der Waals surface area contributed by atoms with Crippen molar-refractivity contribution >= 4 is 17.7 Å². The lowest BCUT2D eigenvalue weighted by Crippen LogP contribution is -2.49. The number of likely N-dealkylation sites (tertiary alicyclic amines) is 2. The van der Waals surface area contributed by atoms with Gasteiger partial charge in [-0.25, -0.2) is 0 Å². The monoisotopic (exact) mass is 613 g/mol. The quantitative estimate of drug-likeness (QED) is 0.337. The molecule has 6 atom stereocenters. The third-order valence-corrected chi connectivity index (χ3v) is 9.96. The van der Waals surface area contributed by atoms with Gasteiger partial charge in [0.25, 0.3) is 0 Å². The minimum atomic E-state index is -0.992. The van der Waals surface area contributed by atoms with Crippen molar-refractivity contribution < 1.29 is 29.3 Å². The average Bonchev–Trinajstić information content (AvgIpc) is 3.39. The Kier molecular flexibility index (Phi) is 12.0. The van der Waals surface area contributed by atoms with E-state index in [4.69, 9.17) is 4.74 Å². The van der Waals surface area contributed by atoms with E-state index in [0.29, 0.717) is 51.5 Å². The molecule has 4 heterocycles. The van der Waals surface area contributed by atoms with Gasteiger partial charge in [0.1, 0.15) is 0 Å². The SMILES string of the molecule is O=C1C[C@@H]2CCN(C3CCOCC3)C[C@@H]2CCNC(=O)[C@@H]2C[C@@H](CN2Cc2ccccc2)NC(=O)C[C@H](O)C[C@H](O)CCN1. The van der Waals surface area contributed by atoms with E-state index in [1.807, 2.05) is 30.3 Å². The number of nitrogens with zero attached hydrogens (tertiary/aromatic N) is 2. The Bertz CT molecular complexity index is 1090. The molecule has 0 aromatic heterocycles. The van der Waals surface area contributed by atoms with Gasteiger partial charge in [0, 0.05) is 64.4 Å². The maximum Gasteiger partial charge on any atom is 0.237 e. The first-order valence-electron chi connectivity index (χ1n) is 16.6. The number of hydrogen-bond acceptors (Lipinski definition) is 8. The lowest BCUT2D eigenvalue weighted by atomic mass is 9.80. The predicted molar refractivity (Wildman–Crippen MR) is 165 cm³/mol. The maximum atomic E-state index is 13.6. The summed E-state index contributed by atoms with van der Waals surface area (Å²) in [5.41, 5.74) is 1.10. The van der Waals surface area contributed by atoms with Crippen LogP contribution in [0, 0.1) is 11.8 Å². The Balaban J connectivity index is 1.28. The number of rotatable bonds is 3. The molecule has 244 valence electrons. The van der Waals surface area contributed by atoms with Gasteiger partial charge < -0.3 is 30.9 Å². The molecule has 0 radical (unpaired) electrons. The standard InChI is InChI=1S/C33H51N5O6/c39-28-7-12-34-31(41)16-24-8-13-37(27-9-14-44-15-10-27)21-25(24)6-11-35-33(43)30-17-26(36-32(42)19-29(40)18-28)22-38(30)20-23-4-2-1-3-5-23/h1-5,24-30,39-40H,6-22H2,(H,34,41)(H,35,43)(H,36,42)/t24-,25-,26-,28+,29+,30-/m0/s1. The topological polar surface area (TPSA) is 143 Å². The van der Waals surface area contributed by atoms with Gasteiger partial charge in [0.2, 0.25) is 17.7 Å². The fourth-order valence-electron chi connectivity index (χ4n) is 7.56. The number of carbonyl (C=O) groups excluding carboxylic acids is 3. The second-order valence-corrected chi connectivity index (χ2v) is 13.2. The predicted octanol–water partition coefficient (Wildman–Crippen LogP) is 0.781. The molecule has 1 aromatic rings. The molecule has 5 N–H and O–H groups in total. The van der Waals surface area contributed by atoms with Gasteiger partial charge in [-0.1, -0.05) is 30.3 Å². The van der Waals surface area contributed by atoms with E-state index in [1.165, 1.54) is 0 Å². The second kappa shape index (κ2) is 16.1. The van der Waals surface area contributed by atoms with E-state index >= 15 is 0 Å². The van der Waals surface area contributed by atoms with Crippen molar-refractivity contribution in [1.29, 1.82) is 0 Å². The molecule has 1 aromatic carbocycles. The van der Waals surface area contributed by atoms with Gasteiger partial charge in [-0.3, -0.25) is 24.2 Å². The van der Waals surface area contributed by atoms with Crippen molar-refractivity contribution in [3.63, 3.8) is 0 Å². The van der Waals surface area contributed by atoms with E-state index in [1.54, 1.807) is 0 Å². The molecule has 11 heteroatoms. The third kappa shape index (κ3) is 9.47. The zero-order valence-electron chi connectivity index (χ0n) is 25.9. The van der Waals surface area contributed by atoms with E-state index in [-0.39, 0.29) is 54.5 Å². The first-order chi connectivity index (χ1) is 21.3. The van der Waals surface area contributed by atoms with Crippen molar-refractivity contribution in [3.05, 3.63) is 35.9 Å². The van der Waals surface area contributed by atoms with Crippen LogP contribution < -0.4 is 16.0 Å². The molecular formula is C33H51N5O6. The number of aliphatic hydroxyl groups is 2. The number of benzene rings is 1. The molecule has 4 aliphatic rings. The Morgan fingerprint density at radius 3 is 2.36 bits per heavy atom. The van der Waals surface area contributed by atoms with Gasteiger partial charge in [0.15, 0.2) is 0 Å². The molecule has 4 fully saturated rings. The fraction of sp³-hybridized carbons (Fsp3) is 0.727. The zero-order valence-corrected chi connectivity index (χ0v) is 25.9. The number of piperidine rings is 1. The highest BCUT2D eigenvalue weighted by Crippen LogP contribution is 2.32. The van der Waals surface area contributed by atoms with Crippen LogP contribution in [0.15, 0.2) is 30.3 Å². The summed E-state index contributed by atoms with van der Waals surface area (Å²) in [4.78, 5) is 44.0. The molecule has 5 rings (SSSR count). The van der Waals surface area contributed by atoms with Crippen molar-refractivity contribution in [2.24, 2.45) is 11.8 Å². The summed E-state index contributed by atoms with van der Waals surface area (Å²) in [5, 5.41) is 30.1. The summed E-state index contributed by atoms with van der Waals surface area (Å²) in [5.74, 6) is 0.136. The summed E-state index contributed by atoms with van der Waals surface area (Å²) >= 11 is 0. The van der Waals surface area contributed by atoms with Crippen LogP contribution in [-0.2, 0) is 25.7 Å². The lowest BCUT2D eigenvalue weighted by molar-refractivity contribution is -0.126. The Hall–Kier alpha value is -2.57. The van der Waals surface area contributed by atoms with Gasteiger partial charge in [-0.15, -0.1) is 0 Å². The maximum absolute atomic E-state index is 13.6. The van der Waals surface area contributed by atoms with Crippen molar-refractivity contribution in [2.75, 3.05) is 45.9 Å². The highest BCUT2D eigenvalue weighted by atomic mass is 16.5. The van der Waals surface area contributed by atoms with E-state index in [0.717, 1.165) is 57.6 Å². The van der Waals surface area contributed by atoms with Gasteiger partial charge >= 0.3 is 0 Å². The number of aliphatic hydroxyl groups excluding tert-OH is 2. The molecule has 3 amide bonds. The average molecular weight is 614 g/mol. The summed E-state index contributed by atoms with van der Waals surface area (Å²) in [6.07, 6.45) is 3.16. The second-order valence-electron chi connectivity index (χ2n) is 13.2. The molecule has 0 aliphatic carbocycles. The number of nitrogens with one attached hydrogen (secondary N) is 3. The molecule has 44 heavy (non-hydrogen) atoms. The number of carbonyl (C=O) groups is 3. The molecule has 0 saturated carbocycles. The largest absolute Gasteiger partial charge is 0.393 e. The highest BCUT2D eigenvalue weighted by molar-refractivity contribution is 5.82. The van der Waals surface area contributed by atoms with Crippen molar-refractivity contribution in [3.8, 4) is 0 Å². The first-order valence-corrected chi connectivity index (χ1v) is 16.6. The lowest BCUT2D eigenvalue weighted by Gasteiger charge is -2.43. The van der Waals surface area contributed by atoms with Crippen LogP contribution in [0.5, 0.6) is 0 Å². The summed E-state index contributed by atoms with van der Waals surface area (Å²) < 4.78 is 5.59.